The molecule has 0 aromatic carbocycles. The normalized spacial score (nSPS) is 14.9. The maximum Gasteiger partial charge on any atom is 0.220 e. The summed E-state index contributed by atoms with van der Waals surface area (Å²) in [4.78, 5) is 11.2. The first kappa shape index (κ1) is 13.4. The number of aliphatic hydroxyl groups excluding tert-OH is 2. The van der Waals surface area contributed by atoms with Crippen LogP contribution in [0.5, 0.6) is 0 Å². The summed E-state index contributed by atoms with van der Waals surface area (Å²) < 4.78 is 4.58. The molecule has 0 aromatic rings. The van der Waals surface area contributed by atoms with Crippen molar-refractivity contribution in [2.24, 2.45) is 0 Å². The summed E-state index contributed by atoms with van der Waals surface area (Å²) in [6.45, 7) is 1.82. The van der Waals surface area contributed by atoms with Crippen molar-refractivity contribution in [1.29, 1.82) is 0 Å². The fraction of sp³-hybridized carbons (Fsp3) is 0.889. The molecule has 0 saturated carbocycles. The predicted octanol–water partition coefficient (Wildman–Crippen LogP) is -0.382. The first-order valence-electron chi connectivity index (χ1n) is 4.75. The van der Waals surface area contributed by atoms with Gasteiger partial charge in [0.15, 0.2) is 6.29 Å². The number of rotatable bonds is 7. The van der Waals surface area contributed by atoms with Crippen LogP contribution in [0, 0.1) is 0 Å². The first-order valence-corrected chi connectivity index (χ1v) is 4.75. The molecule has 0 heterocycles. The highest BCUT2D eigenvalue weighted by atomic mass is 16.6. The van der Waals surface area contributed by atoms with Crippen LogP contribution < -0.4 is 5.32 Å². The highest BCUT2D eigenvalue weighted by Crippen LogP contribution is 1.98. The van der Waals surface area contributed by atoms with Crippen LogP contribution in [-0.2, 0) is 9.53 Å². The monoisotopic (exact) mass is 205 g/mol. The number of amides is 1. The van der Waals surface area contributed by atoms with Crippen LogP contribution >= 0.6 is 0 Å². The third kappa shape index (κ3) is 5.90. The number of aliphatic hydroxyl groups is 2. The van der Waals surface area contributed by atoms with Crippen molar-refractivity contribution in [1.82, 2.24) is 5.32 Å². The van der Waals surface area contributed by atoms with Crippen molar-refractivity contribution in [3.63, 3.8) is 0 Å². The average molecular weight is 205 g/mol. The van der Waals surface area contributed by atoms with Gasteiger partial charge in [0.25, 0.3) is 0 Å². The molecule has 0 bridgehead atoms. The van der Waals surface area contributed by atoms with Gasteiger partial charge in [-0.1, -0.05) is 6.92 Å². The molecule has 0 fully saturated rings. The van der Waals surface area contributed by atoms with E-state index in [1.54, 1.807) is 0 Å². The molecule has 5 heteroatoms. The Morgan fingerprint density at radius 2 is 2.21 bits per heavy atom. The van der Waals surface area contributed by atoms with Gasteiger partial charge in [-0.15, -0.1) is 0 Å². The van der Waals surface area contributed by atoms with E-state index in [4.69, 9.17) is 10.2 Å². The zero-order valence-electron chi connectivity index (χ0n) is 8.69. The van der Waals surface area contributed by atoms with E-state index in [-0.39, 0.29) is 31.4 Å². The number of carbonyl (C=O) groups excluding carboxylic acids is 1. The van der Waals surface area contributed by atoms with Gasteiger partial charge in [-0.25, -0.2) is 0 Å². The lowest BCUT2D eigenvalue weighted by Gasteiger charge is -2.14. The maximum absolute atomic E-state index is 11.2. The molecule has 0 saturated heterocycles. The number of ether oxygens (including phenoxy) is 1. The lowest BCUT2D eigenvalue weighted by atomic mass is 10.2. The van der Waals surface area contributed by atoms with Crippen LogP contribution in [0.1, 0.15) is 26.2 Å². The molecular weight excluding hydrogens is 186 g/mol. The second-order valence-electron chi connectivity index (χ2n) is 3.08. The van der Waals surface area contributed by atoms with E-state index in [1.165, 1.54) is 7.11 Å². The third-order valence-corrected chi connectivity index (χ3v) is 1.97. The molecule has 5 nitrogen and oxygen atoms in total. The van der Waals surface area contributed by atoms with Crippen LogP contribution in [-0.4, -0.2) is 42.2 Å². The Hall–Kier alpha value is -0.650. The fourth-order valence-corrected chi connectivity index (χ4v) is 0.949. The highest BCUT2D eigenvalue weighted by Gasteiger charge is 2.10. The second-order valence-corrected chi connectivity index (χ2v) is 3.08. The van der Waals surface area contributed by atoms with Crippen LogP contribution in [0.3, 0.4) is 0 Å². The Balaban J connectivity index is 3.64. The van der Waals surface area contributed by atoms with Crippen LogP contribution in [0.25, 0.3) is 0 Å². The quantitative estimate of drug-likeness (QED) is 0.495. The second kappa shape index (κ2) is 7.73. The zero-order chi connectivity index (χ0) is 11.0. The van der Waals surface area contributed by atoms with Gasteiger partial charge in [-0.05, 0) is 6.42 Å². The fourth-order valence-electron chi connectivity index (χ4n) is 0.949. The number of hydrogen-bond acceptors (Lipinski definition) is 4. The van der Waals surface area contributed by atoms with E-state index in [0.29, 0.717) is 6.42 Å². The molecule has 3 N–H and O–H groups in total. The minimum absolute atomic E-state index is 0.0604. The molecule has 0 rings (SSSR count). The van der Waals surface area contributed by atoms with Crippen molar-refractivity contribution < 1.29 is 19.7 Å². The molecule has 0 spiro atoms. The van der Waals surface area contributed by atoms with E-state index in [1.807, 2.05) is 6.92 Å². The SMILES string of the molecule is CC[C@@H](CO)NC(=O)CCC(O)OC. The molecule has 14 heavy (non-hydrogen) atoms. The Labute approximate surface area is 84.1 Å². The van der Waals surface area contributed by atoms with Crippen LogP contribution in [0.4, 0.5) is 0 Å². The van der Waals surface area contributed by atoms with Gasteiger partial charge in [0.05, 0.1) is 12.6 Å². The average Bonchev–Trinajstić information content (AvgIpc) is 2.22. The molecular formula is C9H19NO4. The summed E-state index contributed by atoms with van der Waals surface area (Å²) in [6.07, 6.45) is 0.264. The van der Waals surface area contributed by atoms with E-state index in [9.17, 15) is 4.79 Å². The molecule has 0 aliphatic heterocycles. The molecule has 0 aliphatic rings. The van der Waals surface area contributed by atoms with Crippen molar-refractivity contribution in [2.75, 3.05) is 13.7 Å². The first-order chi connectivity index (χ1) is 6.63. The Morgan fingerprint density at radius 3 is 2.64 bits per heavy atom. The minimum Gasteiger partial charge on any atom is -0.394 e. The summed E-state index contributed by atoms with van der Waals surface area (Å²) in [5, 5.41) is 20.5. The number of methoxy groups -OCH3 is 1. The van der Waals surface area contributed by atoms with Gasteiger partial charge in [0.1, 0.15) is 0 Å². The Morgan fingerprint density at radius 1 is 1.57 bits per heavy atom. The largest absolute Gasteiger partial charge is 0.394 e. The summed E-state index contributed by atoms with van der Waals surface area (Å²) in [5.41, 5.74) is 0. The summed E-state index contributed by atoms with van der Waals surface area (Å²) in [6, 6.07) is -0.192. The molecule has 1 unspecified atom stereocenters. The third-order valence-electron chi connectivity index (χ3n) is 1.97. The summed E-state index contributed by atoms with van der Waals surface area (Å²) in [7, 11) is 1.38. The topological polar surface area (TPSA) is 78.8 Å². The van der Waals surface area contributed by atoms with Crippen LogP contribution in [0.2, 0.25) is 0 Å². The van der Waals surface area contributed by atoms with Gasteiger partial charge in [-0.2, -0.15) is 0 Å². The zero-order valence-corrected chi connectivity index (χ0v) is 8.69. The van der Waals surface area contributed by atoms with Crippen molar-refractivity contribution in [3.8, 4) is 0 Å². The van der Waals surface area contributed by atoms with Crippen molar-refractivity contribution >= 4 is 5.91 Å². The number of nitrogens with one attached hydrogen (secondary N) is 1. The summed E-state index contributed by atoms with van der Waals surface area (Å²) in [5.74, 6) is -0.179. The van der Waals surface area contributed by atoms with Gasteiger partial charge >= 0.3 is 0 Å². The summed E-state index contributed by atoms with van der Waals surface area (Å²) >= 11 is 0. The molecule has 0 aliphatic carbocycles. The lowest BCUT2D eigenvalue weighted by Crippen LogP contribution is -2.37. The van der Waals surface area contributed by atoms with Gasteiger partial charge in [0, 0.05) is 20.0 Å². The van der Waals surface area contributed by atoms with Crippen molar-refractivity contribution in [3.05, 3.63) is 0 Å². The van der Waals surface area contributed by atoms with Gasteiger partial charge in [-0.3, -0.25) is 4.79 Å². The molecule has 0 aromatic heterocycles. The van der Waals surface area contributed by atoms with Gasteiger partial charge in [0.2, 0.25) is 5.91 Å². The Kier molecular flexibility index (Phi) is 7.37. The van der Waals surface area contributed by atoms with Crippen LogP contribution in [0.15, 0.2) is 0 Å². The van der Waals surface area contributed by atoms with E-state index in [0.717, 1.165) is 0 Å². The predicted molar refractivity (Wildman–Crippen MR) is 51.6 cm³/mol. The van der Waals surface area contributed by atoms with Crippen molar-refractivity contribution in [2.45, 2.75) is 38.5 Å². The smallest absolute Gasteiger partial charge is 0.220 e. The standard InChI is InChI=1S/C9H19NO4/c1-3-7(6-11)10-8(12)4-5-9(13)14-2/h7,9,11,13H,3-6H2,1-2H3,(H,10,12)/t7-,9?/m0/s1. The number of hydrogen-bond donors (Lipinski definition) is 3. The molecule has 1 amide bonds. The van der Waals surface area contributed by atoms with E-state index >= 15 is 0 Å². The molecule has 84 valence electrons. The molecule has 2 atom stereocenters. The van der Waals surface area contributed by atoms with Gasteiger partial charge < -0.3 is 20.3 Å². The lowest BCUT2D eigenvalue weighted by molar-refractivity contribution is -0.126. The maximum atomic E-state index is 11.2. The van der Waals surface area contributed by atoms with E-state index in [2.05, 4.69) is 10.1 Å². The minimum atomic E-state index is -0.894. The van der Waals surface area contributed by atoms with E-state index < -0.39 is 6.29 Å². The molecule has 0 radical (unpaired) electrons. The number of carbonyl (C=O) groups is 1. The highest BCUT2D eigenvalue weighted by molar-refractivity contribution is 5.76. The Bertz CT molecular complexity index is 159.